The van der Waals surface area contributed by atoms with Crippen molar-refractivity contribution in [1.29, 1.82) is 0 Å². The average molecular weight is 363 g/mol. The Balaban J connectivity index is 2.28. The van der Waals surface area contributed by atoms with Crippen LogP contribution in [0.1, 0.15) is 23.6 Å². The van der Waals surface area contributed by atoms with Gasteiger partial charge in [0.1, 0.15) is 12.4 Å². The standard InChI is InChI=1S/C19H22FNO3S/c1-5-13-10-15(20)18(9-12(13)2)24-11-14-16(21-19(25)23-4)7-6-8-17(14)22-3/h6-10H,5,11H2,1-4H3,(H,21,25). The van der Waals surface area contributed by atoms with Gasteiger partial charge < -0.3 is 19.5 Å². The Kier molecular flexibility index (Phi) is 6.58. The molecule has 0 saturated heterocycles. The Morgan fingerprint density at radius 2 is 1.96 bits per heavy atom. The lowest BCUT2D eigenvalue weighted by Gasteiger charge is -2.17. The summed E-state index contributed by atoms with van der Waals surface area (Å²) in [6, 6.07) is 8.70. The van der Waals surface area contributed by atoms with Crippen molar-refractivity contribution < 1.29 is 18.6 Å². The van der Waals surface area contributed by atoms with Crippen LogP contribution in [0, 0.1) is 12.7 Å². The zero-order valence-electron chi connectivity index (χ0n) is 14.8. The van der Waals surface area contributed by atoms with Crippen molar-refractivity contribution in [3.63, 3.8) is 0 Å². The van der Waals surface area contributed by atoms with E-state index in [0.717, 1.165) is 23.1 Å². The molecule has 0 heterocycles. The number of rotatable bonds is 6. The quantitative estimate of drug-likeness (QED) is 0.758. The van der Waals surface area contributed by atoms with E-state index in [1.165, 1.54) is 13.2 Å². The summed E-state index contributed by atoms with van der Waals surface area (Å²) in [4.78, 5) is 0. The van der Waals surface area contributed by atoms with Crippen LogP contribution in [0.3, 0.4) is 0 Å². The van der Waals surface area contributed by atoms with Crippen molar-refractivity contribution in [2.75, 3.05) is 19.5 Å². The number of benzene rings is 2. The van der Waals surface area contributed by atoms with Crippen LogP contribution in [-0.2, 0) is 17.8 Å². The van der Waals surface area contributed by atoms with Crippen molar-refractivity contribution in [1.82, 2.24) is 0 Å². The maximum absolute atomic E-state index is 14.3. The van der Waals surface area contributed by atoms with Crippen LogP contribution in [-0.4, -0.2) is 19.4 Å². The van der Waals surface area contributed by atoms with Crippen LogP contribution >= 0.6 is 12.2 Å². The molecular weight excluding hydrogens is 341 g/mol. The number of nitrogens with one attached hydrogen (secondary N) is 1. The molecule has 0 unspecified atom stereocenters. The SMILES string of the molecule is CCc1cc(F)c(OCc2c(NC(=S)OC)cccc2OC)cc1C. The lowest BCUT2D eigenvalue weighted by Crippen LogP contribution is -2.13. The third-order valence-corrected chi connectivity index (χ3v) is 4.19. The number of anilines is 1. The fourth-order valence-corrected chi connectivity index (χ4v) is 2.63. The molecule has 0 amide bonds. The van der Waals surface area contributed by atoms with Crippen LogP contribution in [0.2, 0.25) is 0 Å². The van der Waals surface area contributed by atoms with E-state index in [-0.39, 0.29) is 23.3 Å². The summed E-state index contributed by atoms with van der Waals surface area (Å²) in [5.74, 6) is 0.450. The highest BCUT2D eigenvalue weighted by Gasteiger charge is 2.14. The first-order chi connectivity index (χ1) is 12.0. The molecule has 25 heavy (non-hydrogen) atoms. The molecule has 0 saturated carbocycles. The minimum Gasteiger partial charge on any atom is -0.496 e. The molecule has 6 heteroatoms. The molecule has 2 aromatic carbocycles. The number of thiocarbonyl (C=S) groups is 1. The molecule has 0 aliphatic heterocycles. The third-order valence-electron chi connectivity index (χ3n) is 3.92. The van der Waals surface area contributed by atoms with Gasteiger partial charge in [-0.2, -0.15) is 0 Å². The molecule has 0 fully saturated rings. The highest BCUT2D eigenvalue weighted by molar-refractivity contribution is 7.80. The van der Waals surface area contributed by atoms with Crippen molar-refractivity contribution in [2.45, 2.75) is 26.9 Å². The Bertz CT molecular complexity index is 765. The van der Waals surface area contributed by atoms with Gasteiger partial charge in [-0.25, -0.2) is 4.39 Å². The summed E-state index contributed by atoms with van der Waals surface area (Å²) in [7, 11) is 3.05. The molecule has 0 aliphatic rings. The summed E-state index contributed by atoms with van der Waals surface area (Å²) in [6.45, 7) is 4.06. The highest BCUT2D eigenvalue weighted by atomic mass is 32.1. The van der Waals surface area contributed by atoms with E-state index < -0.39 is 0 Å². The van der Waals surface area contributed by atoms with Gasteiger partial charge in [-0.05, 0) is 61.0 Å². The second-order valence-corrected chi connectivity index (χ2v) is 5.83. The monoisotopic (exact) mass is 363 g/mol. The fraction of sp³-hybridized carbons (Fsp3) is 0.316. The van der Waals surface area contributed by atoms with E-state index in [1.54, 1.807) is 13.2 Å². The predicted molar refractivity (Wildman–Crippen MR) is 101 cm³/mol. The van der Waals surface area contributed by atoms with E-state index in [2.05, 4.69) is 5.32 Å². The van der Waals surface area contributed by atoms with Crippen molar-refractivity contribution in [3.8, 4) is 11.5 Å². The molecule has 134 valence electrons. The van der Waals surface area contributed by atoms with E-state index in [4.69, 9.17) is 26.4 Å². The summed E-state index contributed by atoms with van der Waals surface area (Å²) in [6.07, 6.45) is 0.776. The Hall–Kier alpha value is -2.34. The van der Waals surface area contributed by atoms with Gasteiger partial charge in [-0.3, -0.25) is 0 Å². The maximum Gasteiger partial charge on any atom is 0.260 e. The molecule has 0 radical (unpaired) electrons. The predicted octanol–water partition coefficient (Wildman–Crippen LogP) is 4.63. The number of aryl methyl sites for hydroxylation is 2. The minimum atomic E-state index is -0.376. The summed E-state index contributed by atoms with van der Waals surface area (Å²) in [5, 5.41) is 3.20. The lowest BCUT2D eigenvalue weighted by atomic mass is 10.1. The zero-order chi connectivity index (χ0) is 18.4. The summed E-state index contributed by atoms with van der Waals surface area (Å²) < 4.78 is 30.3. The van der Waals surface area contributed by atoms with Crippen LogP contribution < -0.4 is 14.8 Å². The van der Waals surface area contributed by atoms with Crippen molar-refractivity contribution >= 4 is 23.1 Å². The third kappa shape index (κ3) is 4.60. The molecule has 0 spiro atoms. The maximum atomic E-state index is 14.3. The van der Waals surface area contributed by atoms with Gasteiger partial charge in [0.2, 0.25) is 0 Å². The van der Waals surface area contributed by atoms with Gasteiger partial charge in [0.25, 0.3) is 5.17 Å². The molecule has 2 aromatic rings. The molecule has 1 N–H and O–H groups in total. The second-order valence-electron chi connectivity index (χ2n) is 5.45. The van der Waals surface area contributed by atoms with Gasteiger partial charge in [0.05, 0.1) is 25.5 Å². The molecule has 4 nitrogen and oxygen atoms in total. The molecule has 2 rings (SSSR count). The van der Waals surface area contributed by atoms with E-state index in [0.29, 0.717) is 11.4 Å². The number of hydrogen-bond donors (Lipinski definition) is 1. The first-order valence-corrected chi connectivity index (χ1v) is 8.33. The molecule has 0 atom stereocenters. The smallest absolute Gasteiger partial charge is 0.260 e. The van der Waals surface area contributed by atoms with Gasteiger partial charge in [0, 0.05) is 0 Å². The van der Waals surface area contributed by atoms with Crippen molar-refractivity contribution in [2.24, 2.45) is 0 Å². The number of halogens is 1. The number of methoxy groups -OCH3 is 2. The van der Waals surface area contributed by atoms with E-state index in [9.17, 15) is 4.39 Å². The largest absolute Gasteiger partial charge is 0.496 e. The molecule has 0 aliphatic carbocycles. The van der Waals surface area contributed by atoms with Gasteiger partial charge in [0.15, 0.2) is 11.6 Å². The van der Waals surface area contributed by atoms with Crippen LogP contribution in [0.5, 0.6) is 11.5 Å². The topological polar surface area (TPSA) is 39.7 Å². The van der Waals surface area contributed by atoms with Gasteiger partial charge in [-0.15, -0.1) is 0 Å². The zero-order valence-corrected chi connectivity index (χ0v) is 15.6. The van der Waals surface area contributed by atoms with Gasteiger partial charge in [-0.1, -0.05) is 13.0 Å². The molecular formula is C19H22FNO3S. The Morgan fingerprint density at radius 1 is 1.20 bits per heavy atom. The first-order valence-electron chi connectivity index (χ1n) is 7.92. The normalized spacial score (nSPS) is 10.3. The van der Waals surface area contributed by atoms with E-state index in [1.807, 2.05) is 32.0 Å². The summed E-state index contributed by atoms with van der Waals surface area (Å²) in [5.41, 5.74) is 3.38. The summed E-state index contributed by atoms with van der Waals surface area (Å²) >= 11 is 5.04. The highest BCUT2D eigenvalue weighted by Crippen LogP contribution is 2.30. The Labute approximate surface area is 152 Å². The number of ether oxygens (including phenoxy) is 3. The Morgan fingerprint density at radius 3 is 2.60 bits per heavy atom. The molecule has 0 aromatic heterocycles. The first kappa shape index (κ1) is 19.0. The van der Waals surface area contributed by atoms with Crippen molar-refractivity contribution in [3.05, 3.63) is 52.8 Å². The lowest BCUT2D eigenvalue weighted by molar-refractivity contribution is 0.283. The minimum absolute atomic E-state index is 0.126. The van der Waals surface area contributed by atoms with Crippen LogP contribution in [0.25, 0.3) is 0 Å². The molecule has 0 bridgehead atoms. The number of hydrogen-bond acceptors (Lipinski definition) is 4. The van der Waals surface area contributed by atoms with Gasteiger partial charge >= 0.3 is 0 Å². The average Bonchev–Trinajstić information content (AvgIpc) is 2.62. The van der Waals surface area contributed by atoms with Crippen LogP contribution in [0.15, 0.2) is 30.3 Å². The second kappa shape index (κ2) is 8.67. The fourth-order valence-electron chi connectivity index (χ4n) is 2.52. The van der Waals surface area contributed by atoms with E-state index >= 15 is 0 Å². The van der Waals surface area contributed by atoms with Crippen LogP contribution in [0.4, 0.5) is 10.1 Å².